The molecule has 2 heterocycles. The average molecular weight is 368 g/mol. The Morgan fingerprint density at radius 1 is 1.26 bits per heavy atom. The van der Waals surface area contributed by atoms with Gasteiger partial charge in [-0.3, -0.25) is 4.79 Å². The van der Waals surface area contributed by atoms with Crippen molar-refractivity contribution in [3.05, 3.63) is 47.8 Å². The van der Waals surface area contributed by atoms with Crippen molar-refractivity contribution in [1.29, 1.82) is 0 Å². The number of primary amides is 1. The summed E-state index contributed by atoms with van der Waals surface area (Å²) in [6.07, 6.45) is 6.09. The summed E-state index contributed by atoms with van der Waals surface area (Å²) in [5.41, 5.74) is 10.2. The zero-order valence-electron chi connectivity index (χ0n) is 16.2. The summed E-state index contributed by atoms with van der Waals surface area (Å²) in [6.45, 7) is 9.74. The standard InChI is InChI=1S/C22H28N2O3/c1-4-6-7-8-17-21(20(22(23)25)15(3)24(17)11-5-2)16-9-10-18-19(14-16)27-13-12-26-18/h5,9-10,14H,2,4,6-8,11-13H2,1,3H3,(H2,23,25). The minimum atomic E-state index is -0.406. The summed E-state index contributed by atoms with van der Waals surface area (Å²) in [5, 5.41) is 0. The van der Waals surface area contributed by atoms with Crippen molar-refractivity contribution >= 4 is 5.91 Å². The lowest BCUT2D eigenvalue weighted by atomic mass is 9.97. The Morgan fingerprint density at radius 3 is 2.67 bits per heavy atom. The van der Waals surface area contributed by atoms with Crippen LogP contribution < -0.4 is 15.2 Å². The topological polar surface area (TPSA) is 66.5 Å². The molecule has 144 valence electrons. The summed E-state index contributed by atoms with van der Waals surface area (Å²) >= 11 is 0. The van der Waals surface area contributed by atoms with Crippen LogP contribution in [0, 0.1) is 6.92 Å². The average Bonchev–Trinajstić information content (AvgIpc) is 2.94. The number of benzene rings is 1. The van der Waals surface area contributed by atoms with Crippen molar-refractivity contribution in [2.45, 2.75) is 46.1 Å². The van der Waals surface area contributed by atoms with Gasteiger partial charge in [-0.25, -0.2) is 0 Å². The summed E-state index contributed by atoms with van der Waals surface area (Å²) < 4.78 is 13.5. The molecule has 5 heteroatoms. The van der Waals surface area contributed by atoms with Crippen molar-refractivity contribution < 1.29 is 14.3 Å². The zero-order valence-corrected chi connectivity index (χ0v) is 16.2. The van der Waals surface area contributed by atoms with Crippen molar-refractivity contribution in [3.63, 3.8) is 0 Å². The van der Waals surface area contributed by atoms with Gasteiger partial charge in [0, 0.05) is 23.5 Å². The van der Waals surface area contributed by atoms with Gasteiger partial charge < -0.3 is 19.8 Å². The number of carbonyl (C=O) groups is 1. The largest absolute Gasteiger partial charge is 0.486 e. The predicted octanol–water partition coefficient (Wildman–Crippen LogP) is 4.25. The molecule has 0 aliphatic carbocycles. The minimum absolute atomic E-state index is 0.406. The van der Waals surface area contributed by atoms with Gasteiger partial charge in [0.15, 0.2) is 11.5 Å². The van der Waals surface area contributed by atoms with Gasteiger partial charge in [0.05, 0.1) is 5.56 Å². The number of rotatable bonds is 8. The summed E-state index contributed by atoms with van der Waals surface area (Å²) in [4.78, 5) is 12.3. The lowest BCUT2D eigenvalue weighted by Crippen LogP contribution is -2.15. The van der Waals surface area contributed by atoms with E-state index in [-0.39, 0.29) is 0 Å². The van der Waals surface area contributed by atoms with Crippen molar-refractivity contribution in [1.82, 2.24) is 4.57 Å². The molecule has 0 spiro atoms. The highest BCUT2D eigenvalue weighted by Crippen LogP contribution is 2.39. The number of hydrogen-bond acceptors (Lipinski definition) is 3. The Hall–Kier alpha value is -2.69. The van der Waals surface area contributed by atoms with E-state index in [1.807, 2.05) is 31.2 Å². The third-order valence-electron chi connectivity index (χ3n) is 5.04. The van der Waals surface area contributed by atoms with Crippen LogP contribution in [0.1, 0.15) is 47.9 Å². The Morgan fingerprint density at radius 2 is 2.00 bits per heavy atom. The molecule has 0 radical (unpaired) electrons. The second kappa shape index (κ2) is 8.33. The van der Waals surface area contributed by atoms with Gasteiger partial charge in [-0.2, -0.15) is 0 Å². The molecule has 27 heavy (non-hydrogen) atoms. The number of nitrogens with two attached hydrogens (primary N) is 1. The van der Waals surface area contributed by atoms with Gasteiger partial charge in [0.25, 0.3) is 5.91 Å². The third-order valence-corrected chi connectivity index (χ3v) is 5.04. The smallest absolute Gasteiger partial charge is 0.251 e. The third kappa shape index (κ3) is 3.72. The number of unbranched alkanes of at least 4 members (excludes halogenated alkanes) is 2. The van der Waals surface area contributed by atoms with Crippen LogP contribution in [0.3, 0.4) is 0 Å². The summed E-state index contributed by atoms with van der Waals surface area (Å²) in [7, 11) is 0. The molecule has 3 rings (SSSR count). The van der Waals surface area contributed by atoms with Gasteiger partial charge >= 0.3 is 0 Å². The Labute approximate surface area is 160 Å². The van der Waals surface area contributed by atoms with Crippen LogP contribution in [-0.2, 0) is 13.0 Å². The quantitative estimate of drug-likeness (QED) is 0.559. The van der Waals surface area contributed by atoms with E-state index < -0.39 is 5.91 Å². The Bertz CT molecular complexity index is 852. The number of allylic oxidation sites excluding steroid dienone is 1. The number of fused-ring (bicyclic) bond motifs is 1. The molecule has 0 bridgehead atoms. The fourth-order valence-electron chi connectivity index (χ4n) is 3.79. The molecule has 0 atom stereocenters. The molecule has 0 saturated heterocycles. The molecule has 0 saturated carbocycles. The monoisotopic (exact) mass is 368 g/mol. The van der Waals surface area contributed by atoms with Gasteiger partial charge in [-0.05, 0) is 37.5 Å². The highest BCUT2D eigenvalue weighted by Gasteiger charge is 2.25. The maximum Gasteiger partial charge on any atom is 0.251 e. The predicted molar refractivity (Wildman–Crippen MR) is 108 cm³/mol. The molecule has 1 aromatic heterocycles. The maximum absolute atomic E-state index is 12.3. The summed E-state index contributed by atoms with van der Waals surface area (Å²) in [6, 6.07) is 5.85. The Kier molecular flexibility index (Phi) is 5.89. The zero-order chi connectivity index (χ0) is 19.4. The number of nitrogens with zero attached hydrogens (tertiary/aromatic N) is 1. The van der Waals surface area contributed by atoms with Crippen LogP contribution in [0.25, 0.3) is 11.1 Å². The SMILES string of the molecule is C=CCn1c(C)c(C(N)=O)c(-c2ccc3c(c2)OCCO3)c1CCCCC. The first kappa shape index (κ1) is 19.1. The fourth-order valence-corrected chi connectivity index (χ4v) is 3.79. The molecule has 2 aromatic rings. The minimum Gasteiger partial charge on any atom is -0.486 e. The molecule has 0 unspecified atom stereocenters. The molecule has 0 fully saturated rings. The second-order valence-corrected chi connectivity index (χ2v) is 6.86. The van der Waals surface area contributed by atoms with Crippen LogP contribution in [0.15, 0.2) is 30.9 Å². The lowest BCUT2D eigenvalue weighted by molar-refractivity contribution is 0.1000. The molecular formula is C22H28N2O3. The highest BCUT2D eigenvalue weighted by atomic mass is 16.6. The van der Waals surface area contributed by atoms with E-state index in [1.54, 1.807) is 0 Å². The number of amides is 1. The number of carbonyl (C=O) groups excluding carboxylic acids is 1. The van der Waals surface area contributed by atoms with Crippen LogP contribution in [0.2, 0.25) is 0 Å². The Balaban J connectivity index is 2.17. The molecule has 1 amide bonds. The van der Waals surface area contributed by atoms with E-state index in [1.165, 1.54) is 0 Å². The van der Waals surface area contributed by atoms with E-state index in [0.717, 1.165) is 53.9 Å². The van der Waals surface area contributed by atoms with Gasteiger partial charge in [0.2, 0.25) is 0 Å². The van der Waals surface area contributed by atoms with E-state index in [0.29, 0.717) is 31.1 Å². The normalized spacial score (nSPS) is 12.8. The second-order valence-electron chi connectivity index (χ2n) is 6.86. The van der Waals surface area contributed by atoms with Gasteiger partial charge in [-0.1, -0.05) is 31.9 Å². The number of ether oxygens (including phenoxy) is 2. The molecule has 1 aliphatic rings. The highest BCUT2D eigenvalue weighted by molar-refractivity contribution is 6.02. The molecular weight excluding hydrogens is 340 g/mol. The first-order valence-corrected chi connectivity index (χ1v) is 9.61. The lowest BCUT2D eigenvalue weighted by Gasteiger charge is -2.19. The van der Waals surface area contributed by atoms with E-state index in [9.17, 15) is 4.79 Å². The first-order valence-electron chi connectivity index (χ1n) is 9.61. The fraction of sp³-hybridized carbons (Fsp3) is 0.409. The van der Waals surface area contributed by atoms with Crippen LogP contribution in [0.4, 0.5) is 0 Å². The van der Waals surface area contributed by atoms with E-state index >= 15 is 0 Å². The van der Waals surface area contributed by atoms with Crippen LogP contribution >= 0.6 is 0 Å². The van der Waals surface area contributed by atoms with Gasteiger partial charge in [-0.15, -0.1) is 6.58 Å². The van der Waals surface area contributed by atoms with E-state index in [4.69, 9.17) is 15.2 Å². The number of hydrogen-bond donors (Lipinski definition) is 1. The van der Waals surface area contributed by atoms with Crippen LogP contribution in [0.5, 0.6) is 11.5 Å². The van der Waals surface area contributed by atoms with Crippen molar-refractivity contribution in [3.8, 4) is 22.6 Å². The molecule has 2 N–H and O–H groups in total. The van der Waals surface area contributed by atoms with Gasteiger partial charge in [0.1, 0.15) is 13.2 Å². The van der Waals surface area contributed by atoms with Crippen LogP contribution in [-0.4, -0.2) is 23.7 Å². The van der Waals surface area contributed by atoms with Crippen molar-refractivity contribution in [2.75, 3.05) is 13.2 Å². The first-order chi connectivity index (χ1) is 13.1. The number of aromatic nitrogens is 1. The summed E-state index contributed by atoms with van der Waals surface area (Å²) in [5.74, 6) is 1.04. The molecule has 5 nitrogen and oxygen atoms in total. The van der Waals surface area contributed by atoms with Crippen molar-refractivity contribution in [2.24, 2.45) is 5.73 Å². The van der Waals surface area contributed by atoms with E-state index in [2.05, 4.69) is 18.1 Å². The molecule has 1 aliphatic heterocycles. The molecule has 1 aromatic carbocycles. The maximum atomic E-state index is 12.3.